The summed E-state index contributed by atoms with van der Waals surface area (Å²) >= 11 is 0. The minimum Gasteiger partial charge on any atom is -0.341 e. The Bertz CT molecular complexity index is 534. The van der Waals surface area contributed by atoms with E-state index in [2.05, 4.69) is 9.97 Å². The van der Waals surface area contributed by atoms with Gasteiger partial charge in [-0.15, -0.1) is 0 Å². The maximum atomic E-state index is 13.4. The van der Waals surface area contributed by atoms with E-state index in [9.17, 15) is 8.78 Å². The van der Waals surface area contributed by atoms with Crippen LogP contribution < -0.4 is 5.73 Å². The van der Waals surface area contributed by atoms with Gasteiger partial charge in [0.15, 0.2) is 11.6 Å². The molecule has 0 spiro atoms. The second-order valence-corrected chi connectivity index (χ2v) is 4.62. The Morgan fingerprint density at radius 1 is 1.35 bits per heavy atom. The molecule has 0 aliphatic carbocycles. The van der Waals surface area contributed by atoms with Crippen molar-refractivity contribution in [2.24, 2.45) is 11.7 Å². The number of aromatic amines is 1. The first-order valence-corrected chi connectivity index (χ1v) is 5.58. The molecule has 0 saturated heterocycles. The van der Waals surface area contributed by atoms with Gasteiger partial charge in [-0.1, -0.05) is 13.8 Å². The molecule has 0 radical (unpaired) electrons. The van der Waals surface area contributed by atoms with Gasteiger partial charge in [0.2, 0.25) is 0 Å². The first-order valence-electron chi connectivity index (χ1n) is 5.58. The molecule has 0 fully saturated rings. The number of H-pyrrole nitrogens is 1. The summed E-state index contributed by atoms with van der Waals surface area (Å²) in [5, 5.41) is 0. The SMILES string of the molecule is CC(C)CC(N)c1nc2c(F)c(F)ccc2[nH]1. The number of imidazole rings is 1. The summed E-state index contributed by atoms with van der Waals surface area (Å²) in [5.41, 5.74) is 6.42. The number of hydrogen-bond donors (Lipinski definition) is 2. The number of nitrogens with two attached hydrogens (primary N) is 1. The monoisotopic (exact) mass is 239 g/mol. The maximum absolute atomic E-state index is 13.4. The third-order valence-corrected chi connectivity index (χ3v) is 2.64. The molecular formula is C12H15F2N3. The van der Waals surface area contributed by atoms with E-state index in [4.69, 9.17) is 5.73 Å². The Labute approximate surface area is 98.0 Å². The second kappa shape index (κ2) is 4.41. The Kier molecular flexibility index (Phi) is 3.11. The summed E-state index contributed by atoms with van der Waals surface area (Å²) in [6.45, 7) is 4.09. The van der Waals surface area contributed by atoms with Gasteiger partial charge in [0, 0.05) is 0 Å². The van der Waals surface area contributed by atoms with Crippen molar-refractivity contribution in [2.75, 3.05) is 0 Å². The zero-order valence-electron chi connectivity index (χ0n) is 9.80. The zero-order valence-corrected chi connectivity index (χ0v) is 9.80. The van der Waals surface area contributed by atoms with Crippen LogP contribution in [0.2, 0.25) is 0 Å². The molecule has 3 nitrogen and oxygen atoms in total. The van der Waals surface area contributed by atoms with E-state index in [1.165, 1.54) is 6.07 Å². The average molecular weight is 239 g/mol. The summed E-state index contributed by atoms with van der Waals surface area (Å²) in [7, 11) is 0. The molecule has 1 unspecified atom stereocenters. The fourth-order valence-corrected chi connectivity index (χ4v) is 1.83. The predicted molar refractivity (Wildman–Crippen MR) is 62.4 cm³/mol. The van der Waals surface area contributed by atoms with E-state index in [1.807, 2.05) is 13.8 Å². The van der Waals surface area contributed by atoms with Crippen LogP contribution >= 0.6 is 0 Å². The Hall–Kier alpha value is -1.49. The molecule has 0 aliphatic heterocycles. The number of fused-ring (bicyclic) bond motifs is 1. The molecule has 5 heteroatoms. The van der Waals surface area contributed by atoms with Gasteiger partial charge in [-0.3, -0.25) is 0 Å². The third kappa shape index (κ3) is 2.29. The van der Waals surface area contributed by atoms with E-state index in [0.717, 1.165) is 12.5 Å². The summed E-state index contributed by atoms with van der Waals surface area (Å²) in [6.07, 6.45) is 0.740. The number of rotatable bonds is 3. The van der Waals surface area contributed by atoms with E-state index >= 15 is 0 Å². The lowest BCUT2D eigenvalue weighted by Crippen LogP contribution is -2.14. The number of hydrogen-bond acceptors (Lipinski definition) is 2. The molecule has 92 valence electrons. The highest BCUT2D eigenvalue weighted by molar-refractivity contribution is 5.75. The third-order valence-electron chi connectivity index (χ3n) is 2.64. The predicted octanol–water partition coefficient (Wildman–Crippen LogP) is 2.89. The number of nitrogens with zero attached hydrogens (tertiary/aromatic N) is 1. The largest absolute Gasteiger partial charge is 0.341 e. The first-order chi connectivity index (χ1) is 7.99. The van der Waals surface area contributed by atoms with E-state index in [0.29, 0.717) is 17.3 Å². The van der Waals surface area contributed by atoms with Crippen LogP contribution in [0.15, 0.2) is 12.1 Å². The van der Waals surface area contributed by atoms with Gasteiger partial charge in [-0.05, 0) is 24.5 Å². The van der Waals surface area contributed by atoms with E-state index in [-0.39, 0.29) is 11.6 Å². The molecule has 3 N–H and O–H groups in total. The van der Waals surface area contributed by atoms with Gasteiger partial charge in [0.05, 0.1) is 11.6 Å². The van der Waals surface area contributed by atoms with Crippen LogP contribution in [0.25, 0.3) is 11.0 Å². The van der Waals surface area contributed by atoms with Gasteiger partial charge >= 0.3 is 0 Å². The number of nitrogens with one attached hydrogen (secondary N) is 1. The van der Waals surface area contributed by atoms with Crippen molar-refractivity contribution in [1.82, 2.24) is 9.97 Å². The fourth-order valence-electron chi connectivity index (χ4n) is 1.83. The molecule has 1 heterocycles. The molecule has 2 aromatic rings. The Balaban J connectivity index is 2.41. The minimum absolute atomic E-state index is 0.0132. The minimum atomic E-state index is -0.929. The van der Waals surface area contributed by atoms with E-state index in [1.54, 1.807) is 0 Å². The molecule has 1 atom stereocenters. The van der Waals surface area contributed by atoms with Crippen LogP contribution in [0.5, 0.6) is 0 Å². The molecule has 17 heavy (non-hydrogen) atoms. The normalized spacial score (nSPS) is 13.5. The number of halogens is 2. The highest BCUT2D eigenvalue weighted by atomic mass is 19.2. The van der Waals surface area contributed by atoms with Crippen LogP contribution in [0, 0.1) is 17.6 Å². The summed E-state index contributed by atoms with van der Waals surface area (Å²) < 4.78 is 26.4. The molecule has 0 saturated carbocycles. The number of aromatic nitrogens is 2. The fraction of sp³-hybridized carbons (Fsp3) is 0.417. The van der Waals surface area contributed by atoms with Crippen molar-refractivity contribution in [3.8, 4) is 0 Å². The molecule has 0 bridgehead atoms. The van der Waals surface area contributed by atoms with E-state index < -0.39 is 11.6 Å². The molecule has 1 aromatic heterocycles. The van der Waals surface area contributed by atoms with Gasteiger partial charge in [0.25, 0.3) is 0 Å². The lowest BCUT2D eigenvalue weighted by Gasteiger charge is -2.10. The van der Waals surface area contributed by atoms with Crippen molar-refractivity contribution in [2.45, 2.75) is 26.3 Å². The molecule has 1 aromatic carbocycles. The average Bonchev–Trinajstić information content (AvgIpc) is 2.67. The van der Waals surface area contributed by atoms with Crippen LogP contribution in [-0.4, -0.2) is 9.97 Å². The standard InChI is InChI=1S/C12H15F2N3/c1-6(2)5-8(15)12-16-9-4-3-7(13)10(14)11(9)17-12/h3-4,6,8H,5,15H2,1-2H3,(H,16,17). The lowest BCUT2D eigenvalue weighted by atomic mass is 10.0. The summed E-state index contributed by atoms with van der Waals surface area (Å²) in [6, 6.07) is 2.25. The summed E-state index contributed by atoms with van der Waals surface area (Å²) in [4.78, 5) is 6.96. The lowest BCUT2D eigenvalue weighted by molar-refractivity contribution is 0.495. The highest BCUT2D eigenvalue weighted by Gasteiger charge is 2.16. The quantitative estimate of drug-likeness (QED) is 0.865. The van der Waals surface area contributed by atoms with Gasteiger partial charge in [0.1, 0.15) is 11.3 Å². The second-order valence-electron chi connectivity index (χ2n) is 4.62. The zero-order chi connectivity index (χ0) is 12.6. The smallest absolute Gasteiger partial charge is 0.186 e. The topological polar surface area (TPSA) is 54.7 Å². The Morgan fingerprint density at radius 3 is 2.71 bits per heavy atom. The van der Waals surface area contributed by atoms with Crippen molar-refractivity contribution in [1.29, 1.82) is 0 Å². The van der Waals surface area contributed by atoms with Crippen molar-refractivity contribution in [3.05, 3.63) is 29.6 Å². The Morgan fingerprint density at radius 2 is 2.06 bits per heavy atom. The van der Waals surface area contributed by atoms with Crippen molar-refractivity contribution >= 4 is 11.0 Å². The van der Waals surface area contributed by atoms with Gasteiger partial charge in [-0.2, -0.15) is 0 Å². The number of benzene rings is 1. The van der Waals surface area contributed by atoms with Crippen LogP contribution in [-0.2, 0) is 0 Å². The van der Waals surface area contributed by atoms with Crippen LogP contribution in [0.4, 0.5) is 8.78 Å². The first kappa shape index (κ1) is 12.0. The molecular weight excluding hydrogens is 224 g/mol. The molecule has 0 aliphatic rings. The summed E-state index contributed by atoms with van der Waals surface area (Å²) in [5.74, 6) is -0.910. The van der Waals surface area contributed by atoms with Crippen LogP contribution in [0.1, 0.15) is 32.1 Å². The van der Waals surface area contributed by atoms with Gasteiger partial charge in [-0.25, -0.2) is 13.8 Å². The maximum Gasteiger partial charge on any atom is 0.186 e. The molecule has 0 amide bonds. The van der Waals surface area contributed by atoms with Crippen molar-refractivity contribution < 1.29 is 8.78 Å². The highest BCUT2D eigenvalue weighted by Crippen LogP contribution is 2.22. The van der Waals surface area contributed by atoms with Crippen molar-refractivity contribution in [3.63, 3.8) is 0 Å². The van der Waals surface area contributed by atoms with Gasteiger partial charge < -0.3 is 10.7 Å². The molecule has 2 rings (SSSR count). The van der Waals surface area contributed by atoms with Crippen LogP contribution in [0.3, 0.4) is 0 Å².